The summed E-state index contributed by atoms with van der Waals surface area (Å²) in [6.07, 6.45) is 1.04. The van der Waals surface area contributed by atoms with E-state index in [-0.39, 0.29) is 12.7 Å². The number of aryl methyl sites for hydroxylation is 1. The SMILES string of the molecule is O=C(CCc1ccccc1Cl)NCc1ccc2c(c1)OCO2. The van der Waals surface area contributed by atoms with Crippen LogP contribution >= 0.6 is 11.6 Å². The lowest BCUT2D eigenvalue weighted by Gasteiger charge is -2.07. The molecular formula is C17H16ClNO3. The Balaban J connectivity index is 1.49. The Morgan fingerprint density at radius 3 is 2.82 bits per heavy atom. The van der Waals surface area contributed by atoms with Crippen LogP contribution < -0.4 is 14.8 Å². The maximum absolute atomic E-state index is 11.9. The zero-order valence-corrected chi connectivity index (χ0v) is 12.7. The van der Waals surface area contributed by atoms with E-state index in [1.54, 1.807) is 0 Å². The molecule has 2 aromatic rings. The topological polar surface area (TPSA) is 47.6 Å². The van der Waals surface area contributed by atoms with Gasteiger partial charge >= 0.3 is 0 Å². The van der Waals surface area contributed by atoms with Crippen LogP contribution in [0.5, 0.6) is 11.5 Å². The summed E-state index contributed by atoms with van der Waals surface area (Å²) in [4.78, 5) is 11.9. The minimum absolute atomic E-state index is 0.00223. The highest BCUT2D eigenvalue weighted by molar-refractivity contribution is 6.31. The van der Waals surface area contributed by atoms with Gasteiger partial charge in [-0.15, -0.1) is 0 Å². The Labute approximate surface area is 134 Å². The lowest BCUT2D eigenvalue weighted by molar-refractivity contribution is -0.121. The molecule has 0 saturated heterocycles. The monoisotopic (exact) mass is 317 g/mol. The lowest BCUT2D eigenvalue weighted by atomic mass is 10.1. The highest BCUT2D eigenvalue weighted by atomic mass is 35.5. The molecule has 0 unspecified atom stereocenters. The molecule has 1 N–H and O–H groups in total. The van der Waals surface area contributed by atoms with Crippen LogP contribution in [-0.4, -0.2) is 12.7 Å². The summed E-state index contributed by atoms with van der Waals surface area (Å²) >= 11 is 6.08. The quantitative estimate of drug-likeness (QED) is 0.920. The van der Waals surface area contributed by atoms with Crippen molar-refractivity contribution in [2.24, 2.45) is 0 Å². The van der Waals surface area contributed by atoms with Gasteiger partial charge in [0.15, 0.2) is 11.5 Å². The van der Waals surface area contributed by atoms with Crippen LogP contribution in [0.15, 0.2) is 42.5 Å². The van der Waals surface area contributed by atoms with Gasteiger partial charge in [-0.2, -0.15) is 0 Å². The van der Waals surface area contributed by atoms with Gasteiger partial charge in [0.25, 0.3) is 0 Å². The van der Waals surface area contributed by atoms with Gasteiger partial charge in [-0.3, -0.25) is 4.79 Å². The lowest BCUT2D eigenvalue weighted by Crippen LogP contribution is -2.23. The highest BCUT2D eigenvalue weighted by Gasteiger charge is 2.13. The van der Waals surface area contributed by atoms with Crippen LogP contribution in [0.25, 0.3) is 0 Å². The second kappa shape index (κ2) is 6.71. The van der Waals surface area contributed by atoms with Crippen LogP contribution in [0.1, 0.15) is 17.5 Å². The molecular weight excluding hydrogens is 302 g/mol. The maximum Gasteiger partial charge on any atom is 0.231 e. The van der Waals surface area contributed by atoms with Crippen molar-refractivity contribution in [3.8, 4) is 11.5 Å². The van der Waals surface area contributed by atoms with Gasteiger partial charge in [0, 0.05) is 18.0 Å². The molecule has 0 atom stereocenters. The van der Waals surface area contributed by atoms with E-state index >= 15 is 0 Å². The normalized spacial score (nSPS) is 12.2. The molecule has 0 radical (unpaired) electrons. The van der Waals surface area contributed by atoms with Gasteiger partial charge in [0.1, 0.15) is 0 Å². The Bertz CT molecular complexity index is 687. The van der Waals surface area contributed by atoms with Crippen LogP contribution in [-0.2, 0) is 17.8 Å². The molecule has 0 fully saturated rings. The summed E-state index contributed by atoms with van der Waals surface area (Å²) < 4.78 is 10.6. The van der Waals surface area contributed by atoms with Crippen molar-refractivity contribution in [2.75, 3.05) is 6.79 Å². The Hall–Kier alpha value is -2.20. The number of amides is 1. The van der Waals surface area contributed by atoms with E-state index in [4.69, 9.17) is 21.1 Å². The molecule has 4 nitrogen and oxygen atoms in total. The zero-order chi connectivity index (χ0) is 15.4. The number of fused-ring (bicyclic) bond motifs is 1. The molecule has 114 valence electrons. The molecule has 5 heteroatoms. The number of hydrogen-bond acceptors (Lipinski definition) is 3. The fourth-order valence-electron chi connectivity index (χ4n) is 2.29. The molecule has 0 aliphatic carbocycles. The first kappa shape index (κ1) is 14.7. The molecule has 0 bridgehead atoms. The van der Waals surface area contributed by atoms with Crippen LogP contribution in [0, 0.1) is 0 Å². The number of benzene rings is 2. The molecule has 22 heavy (non-hydrogen) atoms. The van der Waals surface area contributed by atoms with E-state index in [0.29, 0.717) is 24.4 Å². The minimum Gasteiger partial charge on any atom is -0.454 e. The Kier molecular flexibility index (Phi) is 4.49. The predicted molar refractivity (Wildman–Crippen MR) is 84.2 cm³/mol. The van der Waals surface area contributed by atoms with Crippen LogP contribution in [0.2, 0.25) is 5.02 Å². The van der Waals surface area contributed by atoms with Gasteiger partial charge in [-0.05, 0) is 35.7 Å². The average Bonchev–Trinajstić information content (AvgIpc) is 2.99. The van der Waals surface area contributed by atoms with Crippen LogP contribution in [0.3, 0.4) is 0 Å². The number of carbonyl (C=O) groups is 1. The Morgan fingerprint density at radius 1 is 1.14 bits per heavy atom. The van der Waals surface area contributed by atoms with Gasteiger partial charge in [-0.25, -0.2) is 0 Å². The fraction of sp³-hybridized carbons (Fsp3) is 0.235. The molecule has 0 aromatic heterocycles. The number of hydrogen-bond donors (Lipinski definition) is 1. The smallest absolute Gasteiger partial charge is 0.231 e. The van der Waals surface area contributed by atoms with E-state index < -0.39 is 0 Å². The molecule has 1 amide bonds. The van der Waals surface area contributed by atoms with Crippen molar-refractivity contribution < 1.29 is 14.3 Å². The third-order valence-corrected chi connectivity index (χ3v) is 3.87. The zero-order valence-electron chi connectivity index (χ0n) is 12.0. The third-order valence-electron chi connectivity index (χ3n) is 3.51. The summed E-state index contributed by atoms with van der Waals surface area (Å²) in [5.74, 6) is 1.47. The van der Waals surface area contributed by atoms with Gasteiger partial charge in [-0.1, -0.05) is 35.9 Å². The number of carbonyl (C=O) groups excluding carboxylic acids is 1. The number of halogens is 1. The van der Waals surface area contributed by atoms with E-state index in [0.717, 1.165) is 22.6 Å². The van der Waals surface area contributed by atoms with E-state index in [2.05, 4.69) is 5.32 Å². The second-order valence-electron chi connectivity index (χ2n) is 5.06. The van der Waals surface area contributed by atoms with Crippen molar-refractivity contribution in [2.45, 2.75) is 19.4 Å². The standard InChI is InChI=1S/C17H16ClNO3/c18-14-4-2-1-3-13(14)6-8-17(20)19-10-12-5-7-15-16(9-12)22-11-21-15/h1-5,7,9H,6,8,10-11H2,(H,19,20). The Morgan fingerprint density at radius 2 is 1.95 bits per heavy atom. The summed E-state index contributed by atoms with van der Waals surface area (Å²) in [5.41, 5.74) is 1.97. The summed E-state index contributed by atoms with van der Waals surface area (Å²) in [7, 11) is 0. The first-order chi connectivity index (χ1) is 10.7. The van der Waals surface area contributed by atoms with E-state index in [1.165, 1.54) is 0 Å². The molecule has 1 aliphatic rings. The van der Waals surface area contributed by atoms with Gasteiger partial charge in [0.05, 0.1) is 0 Å². The number of nitrogens with one attached hydrogen (secondary N) is 1. The molecule has 1 aliphatic heterocycles. The second-order valence-corrected chi connectivity index (χ2v) is 5.46. The molecule has 1 heterocycles. The largest absolute Gasteiger partial charge is 0.454 e. The fourth-order valence-corrected chi connectivity index (χ4v) is 2.52. The predicted octanol–water partition coefficient (Wildman–Crippen LogP) is 3.32. The highest BCUT2D eigenvalue weighted by Crippen LogP contribution is 2.32. The van der Waals surface area contributed by atoms with Crippen molar-refractivity contribution in [3.63, 3.8) is 0 Å². The van der Waals surface area contributed by atoms with E-state index in [9.17, 15) is 4.79 Å². The van der Waals surface area contributed by atoms with Crippen molar-refractivity contribution in [1.82, 2.24) is 5.32 Å². The third kappa shape index (κ3) is 3.52. The minimum atomic E-state index is -0.00223. The van der Waals surface area contributed by atoms with Crippen molar-refractivity contribution >= 4 is 17.5 Å². The summed E-state index contributed by atoms with van der Waals surface area (Å²) in [5, 5.41) is 3.60. The molecule has 0 spiro atoms. The molecule has 3 rings (SSSR count). The van der Waals surface area contributed by atoms with Gasteiger partial charge < -0.3 is 14.8 Å². The summed E-state index contributed by atoms with van der Waals surface area (Å²) in [6, 6.07) is 13.2. The first-order valence-electron chi connectivity index (χ1n) is 7.11. The summed E-state index contributed by atoms with van der Waals surface area (Å²) in [6.45, 7) is 0.723. The first-order valence-corrected chi connectivity index (χ1v) is 7.49. The number of rotatable bonds is 5. The van der Waals surface area contributed by atoms with Gasteiger partial charge in [0.2, 0.25) is 12.7 Å². The molecule has 2 aromatic carbocycles. The van der Waals surface area contributed by atoms with Crippen molar-refractivity contribution in [3.05, 3.63) is 58.6 Å². The van der Waals surface area contributed by atoms with Crippen LogP contribution in [0.4, 0.5) is 0 Å². The van der Waals surface area contributed by atoms with E-state index in [1.807, 2.05) is 42.5 Å². The van der Waals surface area contributed by atoms with Crippen molar-refractivity contribution in [1.29, 1.82) is 0 Å². The number of ether oxygens (including phenoxy) is 2. The maximum atomic E-state index is 11.9. The molecule has 0 saturated carbocycles. The average molecular weight is 318 g/mol.